The Morgan fingerprint density at radius 3 is 2.20 bits per heavy atom. The van der Waals surface area contributed by atoms with Crippen LogP contribution in [0.5, 0.6) is 0 Å². The molecule has 1 spiro atoms. The van der Waals surface area contributed by atoms with Gasteiger partial charge in [0.25, 0.3) is 0 Å². The quantitative estimate of drug-likeness (QED) is 0.204. The summed E-state index contributed by atoms with van der Waals surface area (Å²) in [5.74, 6) is 0.538. The molecule has 250 valence electrons. The molecular formula is C49H44N2. The number of fused-ring (bicyclic) bond motifs is 8. The summed E-state index contributed by atoms with van der Waals surface area (Å²) in [4.78, 5) is 5.14. The van der Waals surface area contributed by atoms with Crippen molar-refractivity contribution in [1.29, 1.82) is 0 Å². The third kappa shape index (κ3) is 4.72. The third-order valence-electron chi connectivity index (χ3n) is 12.7. The largest absolute Gasteiger partial charge is 0.360 e. The Labute approximate surface area is 302 Å². The minimum Gasteiger partial charge on any atom is -0.360 e. The van der Waals surface area contributed by atoms with Gasteiger partial charge in [0.15, 0.2) is 0 Å². The van der Waals surface area contributed by atoms with Crippen molar-refractivity contribution in [2.24, 2.45) is 4.99 Å². The van der Waals surface area contributed by atoms with E-state index in [1.807, 2.05) is 0 Å². The summed E-state index contributed by atoms with van der Waals surface area (Å²) >= 11 is 0. The Morgan fingerprint density at radius 1 is 0.667 bits per heavy atom. The number of allylic oxidation sites excluding steroid dienone is 5. The van der Waals surface area contributed by atoms with E-state index in [0.29, 0.717) is 5.92 Å². The van der Waals surface area contributed by atoms with E-state index in [4.69, 9.17) is 4.99 Å². The van der Waals surface area contributed by atoms with E-state index in [1.165, 1.54) is 65.5 Å². The molecular weight excluding hydrogens is 617 g/mol. The zero-order chi connectivity index (χ0) is 34.2. The molecule has 1 heterocycles. The molecule has 4 aliphatic carbocycles. The summed E-state index contributed by atoms with van der Waals surface area (Å²) in [5, 5.41) is 3.75. The minimum absolute atomic E-state index is 0.0528. The Morgan fingerprint density at radius 2 is 1.41 bits per heavy atom. The molecule has 1 aliphatic heterocycles. The highest BCUT2D eigenvalue weighted by Crippen LogP contribution is 2.62. The first-order chi connectivity index (χ1) is 25.0. The molecule has 5 aromatic carbocycles. The van der Waals surface area contributed by atoms with Gasteiger partial charge in [0.05, 0.1) is 5.71 Å². The lowest BCUT2D eigenvalue weighted by atomic mass is 9.66. The van der Waals surface area contributed by atoms with E-state index in [2.05, 4.69) is 159 Å². The SMILES string of the molecule is CC1(C)c2cc3c(cc2-c2c(-c4ccc(C5=CC(c6ccccc6)=NC(c6ccccc6)N5)cc4)cccc21)C1(CCCCC1)C1=CC=CCC13. The maximum Gasteiger partial charge on any atom is 0.145 e. The van der Waals surface area contributed by atoms with Gasteiger partial charge < -0.3 is 5.32 Å². The van der Waals surface area contributed by atoms with Crippen LogP contribution in [0.15, 0.2) is 150 Å². The normalized spacial score (nSPS) is 21.8. The molecule has 1 fully saturated rings. The predicted molar refractivity (Wildman–Crippen MR) is 212 cm³/mol. The lowest BCUT2D eigenvalue weighted by molar-refractivity contribution is 0.342. The molecule has 2 heteroatoms. The average Bonchev–Trinajstić information content (AvgIpc) is 3.59. The summed E-state index contributed by atoms with van der Waals surface area (Å²) in [7, 11) is 0. The van der Waals surface area contributed by atoms with E-state index in [9.17, 15) is 0 Å². The first-order valence-electron chi connectivity index (χ1n) is 19.0. The number of hydrogen-bond acceptors (Lipinski definition) is 2. The number of rotatable bonds is 4. The Balaban J connectivity index is 1.06. The smallest absolute Gasteiger partial charge is 0.145 e. The first kappa shape index (κ1) is 30.6. The van der Waals surface area contributed by atoms with Gasteiger partial charge in [-0.15, -0.1) is 0 Å². The van der Waals surface area contributed by atoms with Gasteiger partial charge in [0.2, 0.25) is 0 Å². The molecule has 1 saturated carbocycles. The van der Waals surface area contributed by atoms with Gasteiger partial charge in [-0.2, -0.15) is 0 Å². The van der Waals surface area contributed by atoms with E-state index < -0.39 is 0 Å². The molecule has 0 aromatic heterocycles. The molecule has 0 amide bonds. The van der Waals surface area contributed by atoms with Crippen LogP contribution in [0.1, 0.15) is 103 Å². The van der Waals surface area contributed by atoms with Crippen LogP contribution in [0.4, 0.5) is 0 Å². The fraction of sp³-hybridized carbons (Fsp3) is 0.245. The molecule has 5 aromatic rings. The van der Waals surface area contributed by atoms with Crippen LogP contribution in [-0.4, -0.2) is 5.71 Å². The van der Waals surface area contributed by atoms with Crippen molar-refractivity contribution in [3.8, 4) is 22.3 Å². The van der Waals surface area contributed by atoms with Crippen molar-refractivity contribution < 1.29 is 0 Å². The van der Waals surface area contributed by atoms with Crippen LogP contribution in [0, 0.1) is 0 Å². The Bertz CT molecular complexity index is 2290. The average molecular weight is 661 g/mol. The standard InChI is InChI=1S/C49H44N2/c1-48(2)41-22-14-20-36(46(41)39-30-43-38(29-42(39)48)37-19-10-11-21-40(37)49(43)27-12-5-13-28-49)32-23-25-34(26-24-32)45-31-44(33-15-6-3-7-16-33)50-47(51-45)35-17-8-4-9-18-35/h3-4,6-11,14-18,20-26,29-31,37,47,51H,5,12-13,19,27-28H2,1-2H3. The maximum atomic E-state index is 5.14. The van der Waals surface area contributed by atoms with Crippen molar-refractivity contribution in [3.63, 3.8) is 0 Å². The maximum absolute atomic E-state index is 5.14. The summed E-state index contributed by atoms with van der Waals surface area (Å²) in [6, 6.07) is 42.6. The van der Waals surface area contributed by atoms with Gasteiger partial charge >= 0.3 is 0 Å². The number of benzene rings is 5. The molecule has 51 heavy (non-hydrogen) atoms. The molecule has 2 nitrogen and oxygen atoms in total. The van der Waals surface area contributed by atoms with Crippen LogP contribution in [0.3, 0.4) is 0 Å². The second-order valence-corrected chi connectivity index (χ2v) is 15.8. The molecule has 0 saturated heterocycles. The number of aliphatic imine (C=N–C) groups is 1. The molecule has 2 unspecified atom stereocenters. The van der Waals surface area contributed by atoms with Crippen LogP contribution < -0.4 is 5.32 Å². The Kier molecular flexibility index (Phi) is 7.00. The van der Waals surface area contributed by atoms with E-state index >= 15 is 0 Å². The van der Waals surface area contributed by atoms with Crippen molar-refractivity contribution in [1.82, 2.24) is 5.32 Å². The van der Waals surface area contributed by atoms with E-state index in [0.717, 1.165) is 34.5 Å². The van der Waals surface area contributed by atoms with Crippen molar-refractivity contribution in [2.75, 3.05) is 0 Å². The highest BCUT2D eigenvalue weighted by atomic mass is 15.1. The second kappa shape index (κ2) is 11.7. The summed E-state index contributed by atoms with van der Waals surface area (Å²) in [5.41, 5.74) is 19.1. The second-order valence-electron chi connectivity index (χ2n) is 15.8. The molecule has 2 atom stereocenters. The number of nitrogens with zero attached hydrogens (tertiary/aromatic N) is 1. The monoisotopic (exact) mass is 660 g/mol. The third-order valence-corrected chi connectivity index (χ3v) is 12.7. The molecule has 1 N–H and O–H groups in total. The van der Waals surface area contributed by atoms with E-state index in [-0.39, 0.29) is 17.0 Å². The van der Waals surface area contributed by atoms with Crippen molar-refractivity contribution >= 4 is 11.4 Å². The van der Waals surface area contributed by atoms with Crippen molar-refractivity contribution in [2.45, 2.75) is 75.3 Å². The minimum atomic E-state index is -0.151. The van der Waals surface area contributed by atoms with Gasteiger partial charge in [0.1, 0.15) is 6.17 Å². The lowest BCUT2D eigenvalue weighted by Gasteiger charge is -2.38. The summed E-state index contributed by atoms with van der Waals surface area (Å²) < 4.78 is 0. The highest BCUT2D eigenvalue weighted by molar-refractivity contribution is 6.13. The van der Waals surface area contributed by atoms with Gasteiger partial charge in [-0.05, 0) is 92.6 Å². The predicted octanol–water partition coefficient (Wildman–Crippen LogP) is 12.0. The number of nitrogens with one attached hydrogen (secondary N) is 1. The lowest BCUT2D eigenvalue weighted by Crippen LogP contribution is -2.29. The first-order valence-corrected chi connectivity index (χ1v) is 19.0. The van der Waals surface area contributed by atoms with Gasteiger partial charge in [-0.1, -0.05) is 166 Å². The number of hydrogen-bond donors (Lipinski definition) is 1. The van der Waals surface area contributed by atoms with Crippen molar-refractivity contribution in [3.05, 3.63) is 184 Å². The topological polar surface area (TPSA) is 24.4 Å². The highest BCUT2D eigenvalue weighted by Gasteiger charge is 2.50. The van der Waals surface area contributed by atoms with Crippen LogP contribution in [0.25, 0.3) is 28.0 Å². The summed E-state index contributed by atoms with van der Waals surface area (Å²) in [6.45, 7) is 4.88. The molecule has 0 bridgehead atoms. The van der Waals surface area contributed by atoms with Gasteiger partial charge in [-0.3, -0.25) is 4.99 Å². The van der Waals surface area contributed by atoms with Crippen LogP contribution in [-0.2, 0) is 10.8 Å². The van der Waals surface area contributed by atoms with Gasteiger partial charge in [0, 0.05) is 22.4 Å². The fourth-order valence-corrected chi connectivity index (χ4v) is 10.2. The fourth-order valence-electron chi connectivity index (χ4n) is 10.2. The zero-order valence-corrected chi connectivity index (χ0v) is 29.6. The van der Waals surface area contributed by atoms with Crippen LogP contribution >= 0.6 is 0 Å². The molecule has 0 radical (unpaired) electrons. The molecule has 5 aliphatic rings. The molecule has 10 rings (SSSR count). The summed E-state index contributed by atoms with van der Waals surface area (Å²) in [6.07, 6.45) is 17.0. The zero-order valence-electron chi connectivity index (χ0n) is 29.6. The Hall–Kier alpha value is -5.21. The van der Waals surface area contributed by atoms with Gasteiger partial charge in [-0.25, -0.2) is 0 Å². The van der Waals surface area contributed by atoms with Crippen LogP contribution in [0.2, 0.25) is 0 Å². The van der Waals surface area contributed by atoms with E-state index in [1.54, 1.807) is 16.7 Å².